The monoisotopic (exact) mass is 378 g/mol. The van der Waals surface area contributed by atoms with Crippen molar-refractivity contribution in [3.8, 4) is 0 Å². The first-order valence-electron chi connectivity index (χ1n) is 10.9. The summed E-state index contributed by atoms with van der Waals surface area (Å²) in [5, 5.41) is 5.29. The van der Waals surface area contributed by atoms with E-state index in [0.29, 0.717) is 3.72 Å². The maximum absolute atomic E-state index is 2.85. The predicted octanol–water partition coefficient (Wildman–Crippen LogP) is 6.84. The molecule has 25 heavy (non-hydrogen) atoms. The Morgan fingerprint density at radius 3 is 2.00 bits per heavy atom. The van der Waals surface area contributed by atoms with Gasteiger partial charge in [-0.3, -0.25) is 0 Å². The summed E-state index contributed by atoms with van der Waals surface area (Å²) in [6.45, 7) is 1.25. The van der Waals surface area contributed by atoms with Gasteiger partial charge >= 0.3 is 163 Å². The first-order valence-corrected chi connectivity index (χ1v) is 14.8. The molecule has 1 nitrogen and oxygen atoms in total. The third kappa shape index (κ3) is 4.53. The number of allylic oxidation sites excluding steroid dienone is 4. The van der Waals surface area contributed by atoms with E-state index in [0.717, 1.165) is 11.8 Å². The van der Waals surface area contributed by atoms with Gasteiger partial charge in [0.05, 0.1) is 0 Å². The summed E-state index contributed by atoms with van der Waals surface area (Å²) in [5.74, 6) is 1.78. The fraction of sp³-hybridized carbons (Fsp3) is 0.826. The molecule has 0 spiro atoms. The Bertz CT molecular complexity index is 492. The van der Waals surface area contributed by atoms with Gasteiger partial charge in [-0.05, 0) is 0 Å². The van der Waals surface area contributed by atoms with E-state index >= 15 is 0 Å². The van der Waals surface area contributed by atoms with Crippen LogP contribution in [0.2, 0.25) is 14.2 Å². The van der Waals surface area contributed by atoms with E-state index in [1.54, 1.807) is 5.57 Å². The molecule has 0 radical (unpaired) electrons. The number of hydrogen-bond acceptors (Lipinski definition) is 1. The van der Waals surface area contributed by atoms with Crippen molar-refractivity contribution < 1.29 is 17.9 Å². The van der Waals surface area contributed by atoms with Crippen molar-refractivity contribution in [2.24, 2.45) is 11.8 Å². The van der Waals surface area contributed by atoms with Gasteiger partial charge in [-0.15, -0.1) is 0 Å². The van der Waals surface area contributed by atoms with Crippen LogP contribution >= 0.6 is 0 Å². The third-order valence-corrected chi connectivity index (χ3v) is 11.1. The molecule has 2 heteroatoms. The van der Waals surface area contributed by atoms with E-state index in [1.807, 2.05) is 5.57 Å². The third-order valence-electron chi connectivity index (χ3n) is 7.22. The topological polar surface area (TPSA) is 3.24 Å². The van der Waals surface area contributed by atoms with Crippen molar-refractivity contribution >= 4 is 0 Å². The zero-order valence-corrected chi connectivity index (χ0v) is 18.8. The summed E-state index contributed by atoms with van der Waals surface area (Å²) >= 11 is -1.11. The zero-order valence-electron chi connectivity index (χ0n) is 17.2. The molecule has 1 unspecified atom stereocenters. The Balaban J connectivity index is 1.91. The van der Waals surface area contributed by atoms with Gasteiger partial charge in [0.1, 0.15) is 0 Å². The molecule has 0 heterocycles. The molecule has 0 aromatic carbocycles. The summed E-state index contributed by atoms with van der Waals surface area (Å²) in [4.78, 5) is 2.41. The molecule has 2 fully saturated rings. The van der Waals surface area contributed by atoms with Crippen molar-refractivity contribution in [2.75, 3.05) is 20.6 Å². The molecule has 0 bridgehead atoms. The average Bonchev–Trinajstić information content (AvgIpc) is 3.03. The fourth-order valence-electron chi connectivity index (χ4n) is 5.58. The van der Waals surface area contributed by atoms with E-state index in [4.69, 9.17) is 0 Å². The second-order valence-electron chi connectivity index (χ2n) is 9.44. The van der Waals surface area contributed by atoms with Crippen LogP contribution in [0.3, 0.4) is 0 Å². The van der Waals surface area contributed by atoms with Crippen LogP contribution in [0.5, 0.6) is 0 Å². The molecule has 0 amide bonds. The molecule has 0 aromatic rings. The molecule has 3 aliphatic rings. The van der Waals surface area contributed by atoms with Crippen LogP contribution in [0.15, 0.2) is 23.3 Å². The standard InChI is InChI=1S/C21H34N.2CH3.Ti/c1-22(2)14-13-19-15-20(17-9-5-3-6-10-17)16-21(19)18-11-7-4-8-12-18;;;/h15-18H,3-14H2,1-2H3;2*1H3;. The summed E-state index contributed by atoms with van der Waals surface area (Å²) in [6, 6.07) is 0. The molecule has 0 aromatic heterocycles. The molecule has 2 saturated carbocycles. The fourth-order valence-corrected chi connectivity index (χ4v) is 8.58. The summed E-state index contributed by atoms with van der Waals surface area (Å²) in [7, 11) is 4.51. The Hall–Kier alpha value is 0.154. The summed E-state index contributed by atoms with van der Waals surface area (Å²) in [6.07, 6.45) is 21.6. The van der Waals surface area contributed by atoms with Crippen molar-refractivity contribution in [2.45, 2.75) is 84.8 Å². The van der Waals surface area contributed by atoms with Crippen LogP contribution in [-0.4, -0.2) is 25.5 Å². The second kappa shape index (κ2) is 8.90. The number of hydrogen-bond donors (Lipinski definition) is 0. The molecule has 1 atom stereocenters. The van der Waals surface area contributed by atoms with Gasteiger partial charge in [-0.2, -0.15) is 0 Å². The molecule has 141 valence electrons. The van der Waals surface area contributed by atoms with Gasteiger partial charge in [-0.1, -0.05) is 0 Å². The molecular weight excluding hydrogens is 338 g/mol. The first kappa shape index (κ1) is 19.9. The van der Waals surface area contributed by atoms with E-state index in [-0.39, 0.29) is 0 Å². The van der Waals surface area contributed by atoms with Gasteiger partial charge in [0.25, 0.3) is 0 Å². The molecule has 3 rings (SSSR count). The minimum absolute atomic E-state index is 0.499. The normalized spacial score (nSPS) is 29.0. The molecule has 0 aliphatic heterocycles. The Kier molecular flexibility index (Phi) is 7.08. The molecular formula is C23H40NTi. The Morgan fingerprint density at radius 2 is 1.48 bits per heavy atom. The molecule has 0 saturated heterocycles. The van der Waals surface area contributed by atoms with Gasteiger partial charge in [0, 0.05) is 0 Å². The number of rotatable bonds is 6. The van der Waals surface area contributed by atoms with Gasteiger partial charge < -0.3 is 0 Å². The first-order chi connectivity index (χ1) is 12.0. The maximum atomic E-state index is 2.85. The van der Waals surface area contributed by atoms with Crippen LogP contribution in [0.4, 0.5) is 0 Å². The van der Waals surface area contributed by atoms with Crippen LogP contribution in [0.1, 0.15) is 70.6 Å². The SMILES string of the molecule is CN(C)CC[C]1([Ti]([CH3])[CH3])C=C(C2CCCCC2)C=C1C1CCCCC1. The van der Waals surface area contributed by atoms with E-state index in [9.17, 15) is 0 Å². The Labute approximate surface area is 163 Å². The summed E-state index contributed by atoms with van der Waals surface area (Å²) < 4.78 is 0.499. The predicted molar refractivity (Wildman–Crippen MR) is 107 cm³/mol. The molecule has 3 aliphatic carbocycles. The minimum atomic E-state index is -1.11. The van der Waals surface area contributed by atoms with E-state index < -0.39 is 17.9 Å². The van der Waals surface area contributed by atoms with Crippen molar-refractivity contribution in [3.63, 3.8) is 0 Å². The van der Waals surface area contributed by atoms with E-state index in [2.05, 4.69) is 41.6 Å². The van der Waals surface area contributed by atoms with Crippen molar-refractivity contribution in [3.05, 3.63) is 23.3 Å². The zero-order chi connectivity index (χ0) is 17.9. The van der Waals surface area contributed by atoms with Crippen LogP contribution in [0.25, 0.3) is 0 Å². The van der Waals surface area contributed by atoms with Gasteiger partial charge in [0.2, 0.25) is 0 Å². The van der Waals surface area contributed by atoms with Gasteiger partial charge in [0.15, 0.2) is 0 Å². The van der Waals surface area contributed by atoms with Crippen LogP contribution in [-0.2, 0) is 17.9 Å². The van der Waals surface area contributed by atoms with Crippen LogP contribution < -0.4 is 0 Å². The second-order valence-corrected chi connectivity index (χ2v) is 14.0. The van der Waals surface area contributed by atoms with Gasteiger partial charge in [-0.25, -0.2) is 0 Å². The van der Waals surface area contributed by atoms with E-state index in [1.165, 1.54) is 77.2 Å². The quantitative estimate of drug-likeness (QED) is 0.458. The Morgan fingerprint density at radius 1 is 0.920 bits per heavy atom. The number of nitrogens with zero attached hydrogens (tertiary/aromatic N) is 1. The van der Waals surface area contributed by atoms with Crippen molar-refractivity contribution in [1.29, 1.82) is 0 Å². The molecule has 0 N–H and O–H groups in total. The average molecular weight is 378 g/mol. The summed E-state index contributed by atoms with van der Waals surface area (Å²) in [5.41, 5.74) is 3.68. The van der Waals surface area contributed by atoms with Crippen LogP contribution in [0, 0.1) is 11.8 Å². The van der Waals surface area contributed by atoms with Crippen molar-refractivity contribution in [1.82, 2.24) is 4.90 Å².